The van der Waals surface area contributed by atoms with Gasteiger partial charge in [-0.25, -0.2) is 22.7 Å². The third-order valence-electron chi connectivity index (χ3n) is 4.18. The zero-order chi connectivity index (χ0) is 18.6. The van der Waals surface area contributed by atoms with E-state index in [1.807, 2.05) is 25.1 Å². The van der Waals surface area contributed by atoms with Gasteiger partial charge in [0.2, 0.25) is 15.9 Å². The van der Waals surface area contributed by atoms with Crippen LogP contribution in [0.4, 0.5) is 5.82 Å². The molecule has 1 fully saturated rings. The first kappa shape index (κ1) is 19.3. The smallest absolute Gasteiger partial charge is 0.246 e. The van der Waals surface area contributed by atoms with Gasteiger partial charge in [-0.3, -0.25) is 4.79 Å². The molecule has 0 radical (unpaired) electrons. The number of carbonyl (C=O) groups excluding carboxylic acids is 1. The monoisotopic (exact) mass is 367 g/mol. The van der Waals surface area contributed by atoms with E-state index in [-0.39, 0.29) is 11.8 Å². The highest BCUT2D eigenvalue weighted by molar-refractivity contribution is 7.88. The molecule has 1 amide bonds. The number of hydrogen-bond donors (Lipinski definition) is 0. The molecule has 2 rings (SSSR count). The van der Waals surface area contributed by atoms with Gasteiger partial charge in [0.25, 0.3) is 0 Å². The van der Waals surface area contributed by atoms with E-state index < -0.39 is 10.0 Å². The highest BCUT2D eigenvalue weighted by Crippen LogP contribution is 2.18. The maximum absolute atomic E-state index is 12.0. The van der Waals surface area contributed by atoms with E-state index in [1.165, 1.54) is 23.0 Å². The lowest BCUT2D eigenvalue weighted by Gasteiger charge is -2.23. The number of aromatic nitrogens is 2. The molecule has 1 aromatic rings. The second-order valence-corrected chi connectivity index (χ2v) is 8.42. The second kappa shape index (κ2) is 7.92. The average Bonchev–Trinajstić information content (AvgIpc) is 2.77. The van der Waals surface area contributed by atoms with E-state index in [1.54, 1.807) is 4.90 Å². The number of carbonyl (C=O) groups is 1. The molecule has 1 aliphatic rings. The summed E-state index contributed by atoms with van der Waals surface area (Å²) in [7, 11) is 0.470. The predicted octanol–water partition coefficient (Wildman–Crippen LogP) is -0.00890. The van der Waals surface area contributed by atoms with Crippen molar-refractivity contribution in [1.29, 1.82) is 0 Å². The van der Waals surface area contributed by atoms with Crippen molar-refractivity contribution < 1.29 is 13.2 Å². The molecule has 0 N–H and O–H groups in total. The van der Waals surface area contributed by atoms with Gasteiger partial charge in [-0.2, -0.15) is 0 Å². The minimum atomic E-state index is -3.32. The zero-order valence-electron chi connectivity index (χ0n) is 14.9. The number of hydrogen-bond acceptors (Lipinski definition) is 6. The van der Waals surface area contributed by atoms with Crippen LogP contribution in [0.3, 0.4) is 0 Å². The van der Waals surface area contributed by atoms with Crippen LogP contribution in [0.5, 0.6) is 0 Å². The number of nitrogens with zero attached hydrogens (tertiary/aromatic N) is 5. The molecular formula is C16H25N5O3S. The van der Waals surface area contributed by atoms with Crippen molar-refractivity contribution in [3.05, 3.63) is 30.7 Å². The number of rotatable bonds is 5. The molecule has 1 atom stereocenters. The van der Waals surface area contributed by atoms with E-state index in [4.69, 9.17) is 0 Å². The Bertz CT molecular complexity index is 735. The summed E-state index contributed by atoms with van der Waals surface area (Å²) in [6, 6.07) is 1.88. The Hall–Kier alpha value is -2.00. The van der Waals surface area contributed by atoms with E-state index in [2.05, 4.69) is 16.5 Å². The van der Waals surface area contributed by atoms with Gasteiger partial charge in [0, 0.05) is 52.0 Å². The van der Waals surface area contributed by atoms with Crippen molar-refractivity contribution in [1.82, 2.24) is 19.2 Å². The standard InChI is InChI=1S/C16H25N5O3S/c1-5-16(22)20-6-7-21(25(4,23)24)11-13(10-20)8-14-9-15(19(2)3)18-12-17-14/h5,9,12-13H,1,6-8,10-11H2,2-4H3. The summed E-state index contributed by atoms with van der Waals surface area (Å²) < 4.78 is 25.4. The minimum Gasteiger partial charge on any atom is -0.363 e. The second-order valence-electron chi connectivity index (χ2n) is 6.44. The van der Waals surface area contributed by atoms with Gasteiger partial charge in [-0.1, -0.05) is 6.58 Å². The SMILES string of the molecule is C=CC(=O)N1CCN(S(C)(=O)=O)CC(Cc2cc(N(C)C)ncn2)C1. The normalized spacial score (nSPS) is 19.3. The topological polar surface area (TPSA) is 86.7 Å². The number of amides is 1. The first-order valence-corrected chi connectivity index (χ1v) is 9.90. The number of sulfonamides is 1. The van der Waals surface area contributed by atoms with Crippen molar-refractivity contribution in [2.45, 2.75) is 6.42 Å². The molecule has 1 unspecified atom stereocenters. The molecule has 25 heavy (non-hydrogen) atoms. The third-order valence-corrected chi connectivity index (χ3v) is 5.45. The Morgan fingerprint density at radius 3 is 2.68 bits per heavy atom. The number of anilines is 1. The van der Waals surface area contributed by atoms with E-state index in [9.17, 15) is 13.2 Å². The third kappa shape index (κ3) is 5.23. The van der Waals surface area contributed by atoms with Crippen LogP contribution in [0.2, 0.25) is 0 Å². The van der Waals surface area contributed by atoms with Gasteiger partial charge < -0.3 is 9.80 Å². The Morgan fingerprint density at radius 2 is 2.08 bits per heavy atom. The minimum absolute atomic E-state index is 0.0500. The lowest BCUT2D eigenvalue weighted by Crippen LogP contribution is -2.36. The van der Waals surface area contributed by atoms with Crippen molar-refractivity contribution in [3.63, 3.8) is 0 Å². The van der Waals surface area contributed by atoms with E-state index in [0.717, 1.165) is 11.5 Å². The fraction of sp³-hybridized carbons (Fsp3) is 0.562. The summed E-state index contributed by atoms with van der Waals surface area (Å²) in [5, 5.41) is 0. The molecule has 138 valence electrons. The summed E-state index contributed by atoms with van der Waals surface area (Å²) in [5.74, 6) is 0.556. The van der Waals surface area contributed by atoms with Crippen molar-refractivity contribution >= 4 is 21.7 Å². The maximum Gasteiger partial charge on any atom is 0.246 e. The fourth-order valence-corrected chi connectivity index (χ4v) is 3.76. The lowest BCUT2D eigenvalue weighted by molar-refractivity contribution is -0.126. The van der Waals surface area contributed by atoms with Gasteiger partial charge in [0.05, 0.1) is 6.26 Å². The van der Waals surface area contributed by atoms with Crippen LogP contribution in [0.25, 0.3) is 0 Å². The van der Waals surface area contributed by atoms with Gasteiger partial charge in [-0.15, -0.1) is 0 Å². The first-order valence-electron chi connectivity index (χ1n) is 8.05. The highest BCUT2D eigenvalue weighted by atomic mass is 32.2. The summed E-state index contributed by atoms with van der Waals surface area (Å²) >= 11 is 0. The summed E-state index contributed by atoms with van der Waals surface area (Å²) in [6.07, 6.45) is 4.53. The highest BCUT2D eigenvalue weighted by Gasteiger charge is 2.29. The molecule has 0 saturated carbocycles. The van der Waals surface area contributed by atoms with E-state index in [0.29, 0.717) is 32.6 Å². The lowest BCUT2D eigenvalue weighted by atomic mass is 10.0. The van der Waals surface area contributed by atoms with Crippen LogP contribution in [0.1, 0.15) is 5.69 Å². The average molecular weight is 367 g/mol. The van der Waals surface area contributed by atoms with E-state index >= 15 is 0 Å². The molecule has 2 heterocycles. The maximum atomic E-state index is 12.0. The van der Waals surface area contributed by atoms with Crippen LogP contribution in [0, 0.1) is 5.92 Å². The van der Waals surface area contributed by atoms with Crippen LogP contribution in [-0.4, -0.2) is 80.0 Å². The van der Waals surface area contributed by atoms with Crippen molar-refractivity contribution in [2.24, 2.45) is 5.92 Å². The Balaban J connectivity index is 2.23. The van der Waals surface area contributed by atoms with Crippen LogP contribution < -0.4 is 4.90 Å². The van der Waals surface area contributed by atoms with Gasteiger partial charge in [0.1, 0.15) is 12.1 Å². The van der Waals surface area contributed by atoms with Crippen LogP contribution in [0.15, 0.2) is 25.0 Å². The molecule has 0 spiro atoms. The molecule has 1 saturated heterocycles. The quantitative estimate of drug-likeness (QED) is 0.681. The van der Waals surface area contributed by atoms with Gasteiger partial charge >= 0.3 is 0 Å². The fourth-order valence-electron chi connectivity index (χ4n) is 2.87. The molecule has 1 aromatic heterocycles. The Kier molecular flexibility index (Phi) is 6.12. The summed E-state index contributed by atoms with van der Waals surface area (Å²) in [4.78, 5) is 24.0. The van der Waals surface area contributed by atoms with Gasteiger partial charge in [-0.05, 0) is 18.4 Å². The Labute approximate surface area is 149 Å². The Morgan fingerprint density at radius 1 is 1.36 bits per heavy atom. The largest absolute Gasteiger partial charge is 0.363 e. The first-order chi connectivity index (χ1) is 11.7. The molecule has 0 aliphatic carbocycles. The molecule has 8 nitrogen and oxygen atoms in total. The molecular weight excluding hydrogens is 342 g/mol. The van der Waals surface area contributed by atoms with Crippen molar-refractivity contribution in [3.8, 4) is 0 Å². The zero-order valence-corrected chi connectivity index (χ0v) is 15.7. The van der Waals surface area contributed by atoms with Crippen LogP contribution in [-0.2, 0) is 21.2 Å². The van der Waals surface area contributed by atoms with Gasteiger partial charge in [0.15, 0.2) is 0 Å². The molecule has 0 bridgehead atoms. The summed E-state index contributed by atoms with van der Waals surface area (Å²) in [5.41, 5.74) is 0.824. The predicted molar refractivity (Wildman–Crippen MR) is 96.7 cm³/mol. The molecule has 1 aliphatic heterocycles. The molecule has 0 aromatic carbocycles. The van der Waals surface area contributed by atoms with Crippen LogP contribution >= 0.6 is 0 Å². The summed E-state index contributed by atoms with van der Waals surface area (Å²) in [6.45, 7) is 5.01. The van der Waals surface area contributed by atoms with Crippen molar-refractivity contribution in [2.75, 3.05) is 51.4 Å². The molecule has 9 heteroatoms.